The molecule has 3 heterocycles. The van der Waals surface area contributed by atoms with Gasteiger partial charge >= 0.3 is 0 Å². The summed E-state index contributed by atoms with van der Waals surface area (Å²) in [5.74, 6) is 1.07. The second-order valence-corrected chi connectivity index (χ2v) is 5.58. The van der Waals surface area contributed by atoms with E-state index in [1.807, 2.05) is 0 Å². The molecule has 4 rings (SSSR count). The molecule has 0 radical (unpaired) electrons. The third-order valence-electron chi connectivity index (χ3n) is 4.32. The highest BCUT2D eigenvalue weighted by molar-refractivity contribution is 5.75. The van der Waals surface area contributed by atoms with Crippen LogP contribution in [-0.2, 0) is 0 Å². The van der Waals surface area contributed by atoms with Crippen LogP contribution in [0.3, 0.4) is 0 Å². The number of hydrogen-bond donors (Lipinski definition) is 1. The Labute approximate surface area is 121 Å². The molecule has 0 amide bonds. The number of nitrogens with zero attached hydrogens (tertiary/aromatic N) is 2. The van der Waals surface area contributed by atoms with E-state index in [4.69, 9.17) is 10.00 Å². The van der Waals surface area contributed by atoms with Gasteiger partial charge in [-0.1, -0.05) is 0 Å². The van der Waals surface area contributed by atoms with E-state index in [0.717, 1.165) is 25.9 Å². The number of fused-ring (bicyclic) bond motifs is 3. The van der Waals surface area contributed by atoms with Gasteiger partial charge in [-0.3, -0.25) is 0 Å². The summed E-state index contributed by atoms with van der Waals surface area (Å²) >= 11 is 0. The molecule has 1 aromatic rings. The molecule has 106 valence electrons. The maximum atomic E-state index is 10.7. The first-order valence-corrected chi connectivity index (χ1v) is 6.77. The molecule has 1 aromatic carbocycles. The van der Waals surface area contributed by atoms with E-state index < -0.39 is 5.60 Å². The lowest BCUT2D eigenvalue weighted by molar-refractivity contribution is -0.131. The van der Waals surface area contributed by atoms with Crippen LogP contribution in [0.1, 0.15) is 18.4 Å². The maximum Gasteiger partial charge on any atom is 0.119 e. The molecule has 20 heavy (non-hydrogen) atoms. The fourth-order valence-electron chi connectivity index (χ4n) is 3.14. The monoisotopic (exact) mass is 272 g/mol. The minimum Gasteiger partial charge on any atom is -0.491 e. The van der Waals surface area contributed by atoms with Gasteiger partial charge in [0, 0.05) is 6.54 Å². The van der Waals surface area contributed by atoms with Crippen molar-refractivity contribution in [2.24, 2.45) is 5.92 Å². The predicted octanol–water partition coefficient (Wildman–Crippen LogP) is 0.210. The number of aliphatic hydroxyl groups is 1. The predicted molar refractivity (Wildman–Crippen MR) is 80.7 cm³/mol. The lowest BCUT2D eigenvalue weighted by atomic mass is 9.76. The Morgan fingerprint density at radius 3 is 2.45 bits per heavy atom. The summed E-state index contributed by atoms with van der Waals surface area (Å²) in [7, 11) is 0. The maximum absolute atomic E-state index is 10.7. The quantitative estimate of drug-likeness (QED) is 0.799. The molecule has 1 N–H and O–H groups in total. The average Bonchev–Trinajstić information content (AvgIpc) is 2.47. The van der Waals surface area contributed by atoms with Crippen molar-refractivity contribution in [1.82, 2.24) is 4.90 Å². The van der Waals surface area contributed by atoms with Crippen LogP contribution < -0.4 is 4.74 Å². The van der Waals surface area contributed by atoms with E-state index in [9.17, 15) is 5.11 Å². The summed E-state index contributed by atoms with van der Waals surface area (Å²) in [6, 6.07) is 9.10. The Bertz CT molecular complexity index is 492. The van der Waals surface area contributed by atoms with Crippen LogP contribution in [0.25, 0.3) is 0 Å². The molecule has 3 fully saturated rings. The zero-order chi connectivity index (χ0) is 13.3. The molecular formula is C15H21BN2O2. The summed E-state index contributed by atoms with van der Waals surface area (Å²) in [6.07, 6.45) is 2.13. The van der Waals surface area contributed by atoms with Gasteiger partial charge in [-0.25, -0.2) is 0 Å². The van der Waals surface area contributed by atoms with Crippen LogP contribution in [-0.4, -0.2) is 50.3 Å². The Kier molecular flexibility index (Phi) is 4.37. The van der Waals surface area contributed by atoms with Crippen LogP contribution in [0.15, 0.2) is 24.3 Å². The summed E-state index contributed by atoms with van der Waals surface area (Å²) in [5.41, 5.74) is -0.0985. The third kappa shape index (κ3) is 2.82. The first-order chi connectivity index (χ1) is 9.19. The molecule has 1 atom stereocenters. The largest absolute Gasteiger partial charge is 0.491 e. The number of benzene rings is 1. The van der Waals surface area contributed by atoms with Crippen LogP contribution in [0, 0.1) is 17.2 Å². The van der Waals surface area contributed by atoms with E-state index in [-0.39, 0.29) is 8.41 Å². The number of nitriles is 1. The zero-order valence-electron chi connectivity index (χ0n) is 10.9. The number of piperidine rings is 3. The molecule has 4 nitrogen and oxygen atoms in total. The van der Waals surface area contributed by atoms with Gasteiger partial charge in [0.1, 0.15) is 18.0 Å². The highest BCUT2D eigenvalue weighted by atomic mass is 16.5. The molecule has 0 aromatic heterocycles. The van der Waals surface area contributed by atoms with E-state index in [2.05, 4.69) is 11.0 Å². The van der Waals surface area contributed by atoms with E-state index in [0.29, 0.717) is 30.4 Å². The summed E-state index contributed by atoms with van der Waals surface area (Å²) < 4.78 is 5.71. The molecule has 5 heteroatoms. The van der Waals surface area contributed by atoms with Gasteiger partial charge in [0.2, 0.25) is 0 Å². The third-order valence-corrected chi connectivity index (χ3v) is 4.32. The molecule has 0 aliphatic carbocycles. The summed E-state index contributed by atoms with van der Waals surface area (Å²) in [5, 5.41) is 19.4. The Morgan fingerprint density at radius 1 is 1.30 bits per heavy atom. The van der Waals surface area contributed by atoms with Gasteiger partial charge in [-0.05, 0) is 56.1 Å². The smallest absolute Gasteiger partial charge is 0.119 e. The molecular weight excluding hydrogens is 251 g/mol. The van der Waals surface area contributed by atoms with E-state index in [1.54, 1.807) is 24.3 Å². The van der Waals surface area contributed by atoms with Gasteiger partial charge < -0.3 is 14.7 Å². The lowest BCUT2D eigenvalue weighted by Gasteiger charge is -2.49. The van der Waals surface area contributed by atoms with Crippen molar-refractivity contribution in [3.63, 3.8) is 0 Å². The Morgan fingerprint density at radius 2 is 1.95 bits per heavy atom. The molecule has 1 unspecified atom stereocenters. The fourth-order valence-corrected chi connectivity index (χ4v) is 3.14. The van der Waals surface area contributed by atoms with Crippen LogP contribution in [0.2, 0.25) is 0 Å². The van der Waals surface area contributed by atoms with Crippen molar-refractivity contribution in [2.45, 2.75) is 18.4 Å². The Hall–Kier alpha value is -1.51. The van der Waals surface area contributed by atoms with Gasteiger partial charge in [0.15, 0.2) is 0 Å². The van der Waals surface area contributed by atoms with Crippen molar-refractivity contribution in [1.29, 1.82) is 5.26 Å². The molecule has 3 aliphatic rings. The molecule has 3 aliphatic heterocycles. The van der Waals surface area contributed by atoms with Crippen molar-refractivity contribution in [2.75, 3.05) is 26.2 Å². The molecule has 2 bridgehead atoms. The first-order valence-electron chi connectivity index (χ1n) is 6.77. The van der Waals surface area contributed by atoms with Crippen molar-refractivity contribution >= 4 is 8.41 Å². The first kappa shape index (κ1) is 14.9. The average molecular weight is 272 g/mol. The van der Waals surface area contributed by atoms with Crippen LogP contribution in [0.5, 0.6) is 5.75 Å². The van der Waals surface area contributed by atoms with Crippen molar-refractivity contribution in [3.8, 4) is 11.8 Å². The highest BCUT2D eigenvalue weighted by Gasteiger charge is 2.45. The number of rotatable bonds is 3. The Balaban J connectivity index is 0.00000147. The highest BCUT2D eigenvalue weighted by Crippen LogP contribution is 2.35. The van der Waals surface area contributed by atoms with Gasteiger partial charge in [0.25, 0.3) is 0 Å². The van der Waals surface area contributed by atoms with Crippen molar-refractivity contribution in [3.05, 3.63) is 29.8 Å². The standard InChI is InChI=1S/C15H18N2O2.BH3/c16-9-12-1-3-14(4-2-12)19-11-15(18)10-17-7-5-13(15)6-8-17;/h1-4,13,18H,5-8,10-11H2;1H3. The van der Waals surface area contributed by atoms with E-state index >= 15 is 0 Å². The lowest BCUT2D eigenvalue weighted by Crippen LogP contribution is -2.61. The summed E-state index contributed by atoms with van der Waals surface area (Å²) in [4.78, 5) is 2.31. The van der Waals surface area contributed by atoms with Crippen LogP contribution >= 0.6 is 0 Å². The normalized spacial score (nSPS) is 31.2. The van der Waals surface area contributed by atoms with Crippen molar-refractivity contribution < 1.29 is 9.84 Å². The number of hydrogen-bond acceptors (Lipinski definition) is 4. The minimum absolute atomic E-state index is 0. The fraction of sp³-hybridized carbons (Fsp3) is 0.533. The number of ether oxygens (including phenoxy) is 1. The second-order valence-electron chi connectivity index (χ2n) is 5.58. The molecule has 0 spiro atoms. The zero-order valence-corrected chi connectivity index (χ0v) is 10.9. The van der Waals surface area contributed by atoms with E-state index in [1.165, 1.54) is 0 Å². The SMILES string of the molecule is B.N#Cc1ccc(OCC2(O)CN3CCC2CC3)cc1. The van der Waals surface area contributed by atoms with Crippen LogP contribution in [0.4, 0.5) is 0 Å². The molecule has 3 saturated heterocycles. The minimum atomic E-state index is -0.718. The second kappa shape index (κ2) is 5.86. The summed E-state index contributed by atoms with van der Waals surface area (Å²) in [6.45, 7) is 3.25. The molecule has 0 saturated carbocycles. The van der Waals surface area contributed by atoms with Gasteiger partial charge in [-0.2, -0.15) is 5.26 Å². The topological polar surface area (TPSA) is 56.5 Å². The van der Waals surface area contributed by atoms with Gasteiger partial charge in [0.05, 0.1) is 20.0 Å². The van der Waals surface area contributed by atoms with Gasteiger partial charge in [-0.15, -0.1) is 0 Å².